The predicted molar refractivity (Wildman–Crippen MR) is 65.8 cm³/mol. The van der Waals surface area contributed by atoms with Gasteiger partial charge >= 0.3 is 0 Å². The van der Waals surface area contributed by atoms with Gasteiger partial charge in [0, 0.05) is 17.1 Å². The molecule has 0 aliphatic heterocycles. The zero-order valence-electron chi connectivity index (χ0n) is 9.47. The number of halogens is 2. The van der Waals surface area contributed by atoms with Crippen LogP contribution in [0.1, 0.15) is 26.3 Å². The summed E-state index contributed by atoms with van der Waals surface area (Å²) in [6.07, 6.45) is 0. The van der Waals surface area contributed by atoms with Crippen molar-refractivity contribution in [3.05, 3.63) is 27.7 Å². The third-order valence-electron chi connectivity index (χ3n) is 1.75. The third kappa shape index (κ3) is 4.18. The first kappa shape index (κ1) is 13.6. The Labute approximate surface area is 105 Å². The maximum Gasteiger partial charge on any atom is 0.138 e. The summed E-state index contributed by atoms with van der Waals surface area (Å²) in [7, 11) is 0. The lowest BCUT2D eigenvalue weighted by atomic mass is 10.2. The van der Waals surface area contributed by atoms with E-state index in [1.54, 1.807) is 6.07 Å². The minimum atomic E-state index is -0.294. The number of hydroxylamine groups is 1. The van der Waals surface area contributed by atoms with Crippen molar-refractivity contribution in [1.82, 2.24) is 5.48 Å². The van der Waals surface area contributed by atoms with Gasteiger partial charge in [-0.1, -0.05) is 23.2 Å². The average Bonchev–Trinajstić information content (AvgIpc) is 2.11. The number of nitrogens with one attached hydrogen (secondary N) is 1. The van der Waals surface area contributed by atoms with Crippen molar-refractivity contribution in [2.75, 3.05) is 0 Å². The Bertz CT molecular complexity index is 375. The van der Waals surface area contributed by atoms with E-state index in [-0.39, 0.29) is 16.4 Å². The Kier molecular flexibility index (Phi) is 4.44. The maximum atomic E-state index is 9.67. The molecule has 0 spiro atoms. The molecule has 0 atom stereocenters. The second kappa shape index (κ2) is 5.23. The summed E-state index contributed by atoms with van der Waals surface area (Å²) in [5.74, 6) is 0.0241. The second-order valence-corrected chi connectivity index (χ2v) is 5.27. The highest BCUT2D eigenvalue weighted by molar-refractivity contribution is 6.35. The molecule has 0 heterocycles. The maximum absolute atomic E-state index is 9.67. The van der Waals surface area contributed by atoms with Gasteiger partial charge in [0.15, 0.2) is 0 Å². The lowest BCUT2D eigenvalue weighted by molar-refractivity contribution is -0.0759. The van der Waals surface area contributed by atoms with Crippen LogP contribution in [0.15, 0.2) is 12.1 Å². The minimum absolute atomic E-state index is 0.0241. The number of aromatic hydroxyl groups is 1. The topological polar surface area (TPSA) is 41.5 Å². The van der Waals surface area contributed by atoms with E-state index in [9.17, 15) is 5.11 Å². The van der Waals surface area contributed by atoms with Crippen molar-refractivity contribution in [1.29, 1.82) is 0 Å². The number of hydrogen-bond acceptors (Lipinski definition) is 3. The van der Waals surface area contributed by atoms with Crippen LogP contribution in [-0.4, -0.2) is 10.7 Å². The Balaban J connectivity index is 2.67. The Morgan fingerprint density at radius 2 is 1.94 bits per heavy atom. The van der Waals surface area contributed by atoms with Gasteiger partial charge in [-0.05, 0) is 32.9 Å². The number of phenols is 1. The van der Waals surface area contributed by atoms with Crippen molar-refractivity contribution in [3.63, 3.8) is 0 Å². The lowest BCUT2D eigenvalue weighted by Crippen LogP contribution is -2.28. The minimum Gasteiger partial charge on any atom is -0.506 e. The summed E-state index contributed by atoms with van der Waals surface area (Å²) in [6, 6.07) is 3.13. The highest BCUT2D eigenvalue weighted by atomic mass is 35.5. The van der Waals surface area contributed by atoms with Gasteiger partial charge in [0.05, 0.1) is 10.6 Å². The van der Waals surface area contributed by atoms with E-state index in [1.165, 1.54) is 6.07 Å². The standard InChI is InChI=1S/C11H15Cl2NO2/c1-11(2,3)16-14-6-7-4-8(12)5-9(13)10(7)15/h4-5,14-15H,6H2,1-3H3. The summed E-state index contributed by atoms with van der Waals surface area (Å²) >= 11 is 11.6. The average molecular weight is 264 g/mol. The molecule has 0 amide bonds. The predicted octanol–water partition coefficient (Wildman–Crippen LogP) is 3.52. The van der Waals surface area contributed by atoms with Crippen LogP contribution in [0.5, 0.6) is 5.75 Å². The third-order valence-corrected chi connectivity index (χ3v) is 2.25. The summed E-state index contributed by atoms with van der Waals surface area (Å²) in [5, 5.41) is 10.4. The first-order valence-corrected chi connectivity index (χ1v) is 5.63. The number of benzene rings is 1. The van der Waals surface area contributed by atoms with Gasteiger partial charge in [0.1, 0.15) is 5.75 Å². The molecule has 1 aromatic rings. The van der Waals surface area contributed by atoms with Crippen molar-refractivity contribution in [2.24, 2.45) is 0 Å². The SMILES string of the molecule is CC(C)(C)ONCc1cc(Cl)cc(Cl)c1O. The van der Waals surface area contributed by atoms with Crippen LogP contribution in [0.4, 0.5) is 0 Å². The molecule has 0 fully saturated rings. The fourth-order valence-electron chi connectivity index (χ4n) is 1.08. The lowest BCUT2D eigenvalue weighted by Gasteiger charge is -2.19. The van der Waals surface area contributed by atoms with E-state index in [0.717, 1.165) is 0 Å². The fraction of sp³-hybridized carbons (Fsp3) is 0.455. The summed E-state index contributed by atoms with van der Waals surface area (Å²) in [5.41, 5.74) is 3.06. The molecule has 0 saturated carbocycles. The van der Waals surface area contributed by atoms with Gasteiger partial charge in [-0.25, -0.2) is 0 Å². The summed E-state index contributed by atoms with van der Waals surface area (Å²) < 4.78 is 0. The summed E-state index contributed by atoms with van der Waals surface area (Å²) in [4.78, 5) is 5.32. The monoisotopic (exact) mass is 263 g/mol. The van der Waals surface area contributed by atoms with E-state index in [4.69, 9.17) is 28.0 Å². The second-order valence-electron chi connectivity index (χ2n) is 4.43. The quantitative estimate of drug-likeness (QED) is 0.821. The van der Waals surface area contributed by atoms with Crippen molar-refractivity contribution in [2.45, 2.75) is 32.9 Å². The van der Waals surface area contributed by atoms with Crippen LogP contribution in [0.25, 0.3) is 0 Å². The van der Waals surface area contributed by atoms with Gasteiger partial charge in [0.25, 0.3) is 0 Å². The first-order valence-electron chi connectivity index (χ1n) is 4.87. The van der Waals surface area contributed by atoms with Crippen molar-refractivity contribution >= 4 is 23.2 Å². The fourth-order valence-corrected chi connectivity index (χ4v) is 1.62. The van der Waals surface area contributed by atoms with Crippen LogP contribution in [-0.2, 0) is 11.4 Å². The Hall–Kier alpha value is -0.480. The molecule has 0 aliphatic carbocycles. The molecule has 0 bridgehead atoms. The molecule has 1 aromatic carbocycles. The normalized spacial score (nSPS) is 11.8. The van der Waals surface area contributed by atoms with Crippen LogP contribution >= 0.6 is 23.2 Å². The van der Waals surface area contributed by atoms with Crippen molar-refractivity contribution < 1.29 is 9.94 Å². The summed E-state index contributed by atoms with van der Waals surface area (Å²) in [6.45, 7) is 6.10. The van der Waals surface area contributed by atoms with Crippen LogP contribution < -0.4 is 5.48 Å². The van der Waals surface area contributed by atoms with Crippen LogP contribution in [0.3, 0.4) is 0 Å². The van der Waals surface area contributed by atoms with Gasteiger partial charge in [-0.3, -0.25) is 4.84 Å². The van der Waals surface area contributed by atoms with E-state index in [2.05, 4.69) is 5.48 Å². The molecular weight excluding hydrogens is 249 g/mol. The van der Waals surface area contributed by atoms with E-state index in [0.29, 0.717) is 17.1 Å². The molecule has 1 rings (SSSR count). The highest BCUT2D eigenvalue weighted by Gasteiger charge is 2.12. The van der Waals surface area contributed by atoms with E-state index in [1.807, 2.05) is 20.8 Å². The van der Waals surface area contributed by atoms with Crippen LogP contribution in [0.2, 0.25) is 10.0 Å². The van der Waals surface area contributed by atoms with E-state index < -0.39 is 0 Å². The number of hydrogen-bond donors (Lipinski definition) is 2. The number of rotatable bonds is 3. The van der Waals surface area contributed by atoms with Gasteiger partial charge in [-0.15, -0.1) is 0 Å². The van der Waals surface area contributed by atoms with E-state index >= 15 is 0 Å². The zero-order chi connectivity index (χ0) is 12.3. The molecule has 0 saturated heterocycles. The molecular formula is C11H15Cl2NO2. The molecule has 0 aliphatic rings. The van der Waals surface area contributed by atoms with Crippen molar-refractivity contribution in [3.8, 4) is 5.75 Å². The van der Waals surface area contributed by atoms with Gasteiger partial charge < -0.3 is 5.11 Å². The molecule has 0 radical (unpaired) electrons. The molecule has 5 heteroatoms. The molecule has 0 aromatic heterocycles. The zero-order valence-corrected chi connectivity index (χ0v) is 11.0. The first-order chi connectivity index (χ1) is 7.29. The molecule has 3 nitrogen and oxygen atoms in total. The Morgan fingerprint density at radius 1 is 1.31 bits per heavy atom. The molecule has 90 valence electrons. The smallest absolute Gasteiger partial charge is 0.138 e. The molecule has 2 N–H and O–H groups in total. The molecule has 16 heavy (non-hydrogen) atoms. The molecule has 0 unspecified atom stereocenters. The largest absolute Gasteiger partial charge is 0.506 e. The highest BCUT2D eigenvalue weighted by Crippen LogP contribution is 2.31. The van der Waals surface area contributed by atoms with Crippen LogP contribution in [0, 0.1) is 0 Å². The van der Waals surface area contributed by atoms with Gasteiger partial charge in [0.2, 0.25) is 0 Å². The Morgan fingerprint density at radius 3 is 2.50 bits per heavy atom. The number of phenolic OH excluding ortho intramolecular Hbond substituents is 1. The van der Waals surface area contributed by atoms with Gasteiger partial charge in [-0.2, -0.15) is 5.48 Å².